The number of hydrogen-bond donors (Lipinski definition) is 1. The van der Waals surface area contributed by atoms with Crippen LogP contribution in [0.25, 0.3) is 0 Å². The van der Waals surface area contributed by atoms with Gasteiger partial charge in [0, 0.05) is 11.5 Å². The molecule has 0 aliphatic heterocycles. The Balaban J connectivity index is 1.97. The normalized spacial score (nSPS) is 30.5. The Bertz CT molecular complexity index is 159. The highest BCUT2D eigenvalue weighted by Gasteiger charge is 2.48. The molecular formula is C10H18FN. The maximum Gasteiger partial charge on any atom is 0.0942 e. The van der Waals surface area contributed by atoms with Crippen LogP contribution in [0.2, 0.25) is 0 Å². The van der Waals surface area contributed by atoms with Gasteiger partial charge in [-0.15, -0.1) is 0 Å². The maximum absolute atomic E-state index is 12.8. The van der Waals surface area contributed by atoms with Gasteiger partial charge < -0.3 is 5.73 Å². The van der Waals surface area contributed by atoms with Gasteiger partial charge >= 0.3 is 0 Å². The van der Waals surface area contributed by atoms with E-state index in [9.17, 15) is 4.39 Å². The van der Waals surface area contributed by atoms with Crippen molar-refractivity contribution in [3.05, 3.63) is 0 Å². The Hall–Kier alpha value is -0.110. The highest BCUT2D eigenvalue weighted by Crippen LogP contribution is 2.47. The van der Waals surface area contributed by atoms with Gasteiger partial charge in [0.15, 0.2) is 0 Å². The quantitative estimate of drug-likeness (QED) is 0.692. The molecule has 2 rings (SSSR count). The van der Waals surface area contributed by atoms with E-state index in [2.05, 4.69) is 0 Å². The maximum atomic E-state index is 12.8. The van der Waals surface area contributed by atoms with Crippen molar-refractivity contribution < 1.29 is 4.39 Å². The average Bonchev–Trinajstić information content (AvgIpc) is 2.63. The molecule has 1 atom stereocenters. The standard InChI is InChI=1S/C10H18FN/c11-7-9(10(12)5-6-10)8-3-1-2-4-8/h8-9H,1-7,12H2. The molecule has 0 aromatic heterocycles. The smallest absolute Gasteiger partial charge is 0.0942 e. The number of rotatable bonds is 3. The lowest BCUT2D eigenvalue weighted by Crippen LogP contribution is -2.38. The molecule has 2 saturated carbocycles. The van der Waals surface area contributed by atoms with Gasteiger partial charge in [0.1, 0.15) is 0 Å². The first-order valence-electron chi connectivity index (χ1n) is 5.11. The predicted octanol–water partition coefficient (Wildman–Crippen LogP) is 2.25. The van der Waals surface area contributed by atoms with Crippen LogP contribution in [0.3, 0.4) is 0 Å². The molecule has 70 valence electrons. The molecule has 2 aliphatic rings. The SMILES string of the molecule is NC1(C(CF)C2CCCC2)CC1. The second kappa shape index (κ2) is 2.99. The van der Waals surface area contributed by atoms with E-state index < -0.39 is 0 Å². The molecule has 0 bridgehead atoms. The fourth-order valence-electron chi connectivity index (χ4n) is 2.62. The van der Waals surface area contributed by atoms with E-state index in [1.807, 2.05) is 0 Å². The lowest BCUT2D eigenvalue weighted by Gasteiger charge is -2.26. The molecule has 0 radical (unpaired) electrons. The highest BCUT2D eigenvalue weighted by atomic mass is 19.1. The van der Waals surface area contributed by atoms with Crippen molar-refractivity contribution in [3.63, 3.8) is 0 Å². The van der Waals surface area contributed by atoms with Gasteiger partial charge in [0.05, 0.1) is 6.67 Å². The van der Waals surface area contributed by atoms with Gasteiger partial charge in [0.25, 0.3) is 0 Å². The summed E-state index contributed by atoms with van der Waals surface area (Å²) in [5.41, 5.74) is 5.95. The minimum absolute atomic E-state index is 0.0935. The van der Waals surface area contributed by atoms with E-state index in [0.29, 0.717) is 5.92 Å². The first kappa shape index (κ1) is 8.49. The zero-order valence-corrected chi connectivity index (χ0v) is 7.56. The molecule has 2 heteroatoms. The summed E-state index contributed by atoms with van der Waals surface area (Å²) in [4.78, 5) is 0. The summed E-state index contributed by atoms with van der Waals surface area (Å²) in [6.45, 7) is -0.193. The minimum atomic E-state index is -0.193. The second-order valence-electron chi connectivity index (χ2n) is 4.54. The van der Waals surface area contributed by atoms with E-state index in [1.54, 1.807) is 0 Å². The van der Waals surface area contributed by atoms with Crippen LogP contribution in [0.5, 0.6) is 0 Å². The Morgan fingerprint density at radius 2 is 1.92 bits per heavy atom. The minimum Gasteiger partial charge on any atom is -0.325 e. The largest absolute Gasteiger partial charge is 0.325 e. The Kier molecular flexibility index (Phi) is 2.11. The van der Waals surface area contributed by atoms with E-state index in [1.165, 1.54) is 25.7 Å². The Labute approximate surface area is 73.5 Å². The molecule has 2 aliphatic carbocycles. The first-order valence-corrected chi connectivity index (χ1v) is 5.11. The fourth-order valence-corrected chi connectivity index (χ4v) is 2.62. The van der Waals surface area contributed by atoms with Crippen LogP contribution in [0.15, 0.2) is 0 Å². The summed E-state index contributed by atoms with van der Waals surface area (Å²) in [6, 6.07) is 0. The molecule has 2 fully saturated rings. The molecule has 0 amide bonds. The summed E-state index contributed by atoms with van der Waals surface area (Å²) in [5.74, 6) is 0.780. The summed E-state index contributed by atoms with van der Waals surface area (Å²) in [7, 11) is 0. The molecule has 0 heterocycles. The van der Waals surface area contributed by atoms with Crippen molar-refractivity contribution in [1.29, 1.82) is 0 Å². The number of nitrogens with two attached hydrogens (primary N) is 1. The van der Waals surface area contributed by atoms with Crippen molar-refractivity contribution in [2.45, 2.75) is 44.1 Å². The number of hydrogen-bond acceptors (Lipinski definition) is 1. The van der Waals surface area contributed by atoms with Gasteiger partial charge in [-0.2, -0.15) is 0 Å². The lowest BCUT2D eigenvalue weighted by atomic mass is 9.84. The molecule has 0 spiro atoms. The van der Waals surface area contributed by atoms with E-state index in [-0.39, 0.29) is 18.1 Å². The predicted molar refractivity (Wildman–Crippen MR) is 47.6 cm³/mol. The van der Waals surface area contributed by atoms with Crippen molar-refractivity contribution >= 4 is 0 Å². The van der Waals surface area contributed by atoms with E-state index in [4.69, 9.17) is 5.73 Å². The molecule has 0 aromatic rings. The van der Waals surface area contributed by atoms with Gasteiger partial charge in [-0.25, -0.2) is 0 Å². The third-order valence-corrected chi connectivity index (χ3v) is 3.70. The second-order valence-corrected chi connectivity index (χ2v) is 4.54. The molecule has 0 aromatic carbocycles. The highest BCUT2D eigenvalue weighted by molar-refractivity contribution is 5.06. The topological polar surface area (TPSA) is 26.0 Å². The van der Waals surface area contributed by atoms with Crippen molar-refractivity contribution in [1.82, 2.24) is 0 Å². The van der Waals surface area contributed by atoms with E-state index in [0.717, 1.165) is 12.8 Å². The average molecular weight is 171 g/mol. The summed E-state index contributed by atoms with van der Waals surface area (Å²) < 4.78 is 12.8. The van der Waals surface area contributed by atoms with Crippen molar-refractivity contribution in [2.24, 2.45) is 17.6 Å². The van der Waals surface area contributed by atoms with Crippen LogP contribution < -0.4 is 5.73 Å². The molecule has 1 unspecified atom stereocenters. The molecule has 2 N–H and O–H groups in total. The first-order chi connectivity index (χ1) is 5.76. The van der Waals surface area contributed by atoms with Gasteiger partial charge in [-0.1, -0.05) is 25.7 Å². The van der Waals surface area contributed by atoms with Crippen molar-refractivity contribution in [2.75, 3.05) is 6.67 Å². The summed E-state index contributed by atoms with van der Waals surface area (Å²) in [5, 5.41) is 0. The lowest BCUT2D eigenvalue weighted by molar-refractivity contribution is 0.212. The van der Waals surface area contributed by atoms with Crippen LogP contribution >= 0.6 is 0 Å². The Morgan fingerprint density at radius 3 is 2.33 bits per heavy atom. The van der Waals surface area contributed by atoms with Crippen LogP contribution in [-0.2, 0) is 0 Å². The third kappa shape index (κ3) is 1.37. The van der Waals surface area contributed by atoms with Gasteiger partial charge in [-0.05, 0) is 18.8 Å². The summed E-state index contributed by atoms with van der Waals surface area (Å²) in [6.07, 6.45) is 7.12. The third-order valence-electron chi connectivity index (χ3n) is 3.70. The zero-order valence-electron chi connectivity index (χ0n) is 7.56. The zero-order chi connectivity index (χ0) is 8.60. The fraction of sp³-hybridized carbons (Fsp3) is 1.00. The van der Waals surface area contributed by atoms with Gasteiger partial charge in [0.2, 0.25) is 0 Å². The monoisotopic (exact) mass is 171 g/mol. The summed E-state index contributed by atoms with van der Waals surface area (Å²) >= 11 is 0. The van der Waals surface area contributed by atoms with Crippen LogP contribution in [0.1, 0.15) is 38.5 Å². The van der Waals surface area contributed by atoms with Crippen molar-refractivity contribution in [3.8, 4) is 0 Å². The van der Waals surface area contributed by atoms with Crippen LogP contribution in [-0.4, -0.2) is 12.2 Å². The Morgan fingerprint density at radius 1 is 1.33 bits per heavy atom. The molecular weight excluding hydrogens is 153 g/mol. The number of alkyl halides is 1. The molecule has 1 nitrogen and oxygen atoms in total. The van der Waals surface area contributed by atoms with E-state index >= 15 is 0 Å². The van der Waals surface area contributed by atoms with Crippen LogP contribution in [0, 0.1) is 11.8 Å². The van der Waals surface area contributed by atoms with Crippen LogP contribution in [0.4, 0.5) is 4.39 Å². The number of halogens is 1. The molecule has 12 heavy (non-hydrogen) atoms. The van der Waals surface area contributed by atoms with Gasteiger partial charge in [-0.3, -0.25) is 4.39 Å². The molecule has 0 saturated heterocycles.